The molecule has 11 heteroatoms. The zero-order valence-electron chi connectivity index (χ0n) is 22.2. The largest absolute Gasteiger partial charge is 0.316 e. The van der Waals surface area contributed by atoms with Crippen LogP contribution in [0.15, 0.2) is 76.7 Å². The van der Waals surface area contributed by atoms with Gasteiger partial charge in [0.25, 0.3) is 15.9 Å². The molecule has 1 amide bonds. The fraction of sp³-hybridized carbons (Fsp3) is 0.172. The van der Waals surface area contributed by atoms with Gasteiger partial charge < -0.3 is 4.57 Å². The molecule has 3 aromatic carbocycles. The van der Waals surface area contributed by atoms with E-state index >= 15 is 0 Å². The number of aryl methyl sites for hydroxylation is 3. The molecule has 7 nitrogen and oxygen atoms in total. The fourth-order valence-corrected chi connectivity index (χ4v) is 6.13. The van der Waals surface area contributed by atoms with Gasteiger partial charge in [-0.1, -0.05) is 58.6 Å². The predicted molar refractivity (Wildman–Crippen MR) is 163 cm³/mol. The Balaban J connectivity index is 1.58. The number of nitrogens with one attached hydrogen (secondary N) is 1. The molecular weight excluding hydrogens is 591 g/mol. The summed E-state index contributed by atoms with van der Waals surface area (Å²) >= 11 is 18.9. The zero-order chi connectivity index (χ0) is 29.2. The Bertz CT molecular complexity index is 1720. The van der Waals surface area contributed by atoms with Gasteiger partial charge in [-0.2, -0.15) is 5.10 Å². The SMILES string of the molecule is Cc1ccc(S(=O)(=O)N(CC(=O)N/N=C\c2cc(C)n(-c3cc(Cl)ccc3Cl)c2C)c2ccc(C)c(Cl)c2)cc1. The number of sulfonamides is 1. The Morgan fingerprint density at radius 2 is 1.62 bits per heavy atom. The van der Waals surface area contributed by atoms with E-state index in [4.69, 9.17) is 34.8 Å². The van der Waals surface area contributed by atoms with Gasteiger partial charge in [0, 0.05) is 27.0 Å². The minimum atomic E-state index is -4.08. The van der Waals surface area contributed by atoms with Gasteiger partial charge in [0.1, 0.15) is 6.54 Å². The van der Waals surface area contributed by atoms with Crippen molar-refractivity contribution in [1.29, 1.82) is 0 Å². The normalized spacial score (nSPS) is 11.7. The van der Waals surface area contributed by atoms with Crippen LogP contribution in [0.2, 0.25) is 15.1 Å². The monoisotopic (exact) mass is 616 g/mol. The molecule has 0 fully saturated rings. The number of hydrogen-bond acceptors (Lipinski definition) is 4. The van der Waals surface area contributed by atoms with Crippen LogP contribution in [0.25, 0.3) is 5.69 Å². The summed E-state index contributed by atoms with van der Waals surface area (Å²) in [6.45, 7) is 6.97. The number of anilines is 1. The maximum Gasteiger partial charge on any atom is 0.264 e. The highest BCUT2D eigenvalue weighted by molar-refractivity contribution is 7.92. The van der Waals surface area contributed by atoms with Crippen LogP contribution in [0.4, 0.5) is 5.69 Å². The number of benzene rings is 3. The first kappa shape index (κ1) is 29.7. The third kappa shape index (κ3) is 6.36. The Morgan fingerprint density at radius 3 is 2.30 bits per heavy atom. The molecule has 4 rings (SSSR count). The van der Waals surface area contributed by atoms with Gasteiger partial charge in [0.15, 0.2) is 0 Å². The average molecular weight is 618 g/mol. The third-order valence-corrected chi connectivity index (χ3v) is 9.10. The highest BCUT2D eigenvalue weighted by Crippen LogP contribution is 2.30. The van der Waals surface area contributed by atoms with Crippen molar-refractivity contribution in [3.8, 4) is 5.69 Å². The smallest absolute Gasteiger partial charge is 0.264 e. The van der Waals surface area contributed by atoms with E-state index in [1.165, 1.54) is 24.4 Å². The van der Waals surface area contributed by atoms with Gasteiger partial charge in [0.2, 0.25) is 0 Å². The van der Waals surface area contributed by atoms with Gasteiger partial charge in [-0.05, 0) is 81.8 Å². The maximum absolute atomic E-state index is 13.6. The first-order valence-electron chi connectivity index (χ1n) is 12.2. The minimum Gasteiger partial charge on any atom is -0.316 e. The molecule has 4 aromatic rings. The molecule has 0 atom stereocenters. The summed E-state index contributed by atoms with van der Waals surface area (Å²) in [5.74, 6) is -0.629. The summed E-state index contributed by atoms with van der Waals surface area (Å²) < 4.78 is 30.1. The number of aromatic nitrogens is 1. The first-order chi connectivity index (χ1) is 18.9. The molecule has 0 aliphatic carbocycles. The van der Waals surface area contributed by atoms with Crippen LogP contribution < -0.4 is 9.73 Å². The van der Waals surface area contributed by atoms with Crippen LogP contribution in [-0.4, -0.2) is 31.7 Å². The summed E-state index contributed by atoms with van der Waals surface area (Å²) in [6.07, 6.45) is 1.50. The van der Waals surface area contributed by atoms with E-state index < -0.39 is 22.5 Å². The molecule has 0 saturated carbocycles. The van der Waals surface area contributed by atoms with Crippen molar-refractivity contribution in [2.45, 2.75) is 32.6 Å². The van der Waals surface area contributed by atoms with Gasteiger partial charge in [-0.3, -0.25) is 9.10 Å². The molecule has 1 heterocycles. The number of halogens is 3. The molecule has 0 aliphatic heterocycles. The molecule has 1 aromatic heterocycles. The molecule has 208 valence electrons. The van der Waals surface area contributed by atoms with E-state index in [2.05, 4.69) is 10.5 Å². The summed E-state index contributed by atoms with van der Waals surface area (Å²) in [5, 5.41) is 5.56. The van der Waals surface area contributed by atoms with E-state index in [9.17, 15) is 13.2 Å². The second-order valence-corrected chi connectivity index (χ2v) is 12.4. The lowest BCUT2D eigenvalue weighted by Crippen LogP contribution is -2.39. The Morgan fingerprint density at radius 1 is 0.925 bits per heavy atom. The van der Waals surface area contributed by atoms with Crippen LogP contribution in [0.3, 0.4) is 0 Å². The van der Waals surface area contributed by atoms with E-state index in [1.54, 1.807) is 42.5 Å². The van der Waals surface area contributed by atoms with Gasteiger partial charge in [-0.25, -0.2) is 13.8 Å². The van der Waals surface area contributed by atoms with Gasteiger partial charge in [-0.15, -0.1) is 0 Å². The van der Waals surface area contributed by atoms with Crippen molar-refractivity contribution in [3.63, 3.8) is 0 Å². The van der Waals surface area contributed by atoms with E-state index in [0.29, 0.717) is 15.1 Å². The zero-order valence-corrected chi connectivity index (χ0v) is 25.3. The van der Waals surface area contributed by atoms with Gasteiger partial charge >= 0.3 is 0 Å². The number of nitrogens with zero attached hydrogens (tertiary/aromatic N) is 3. The van der Waals surface area contributed by atoms with Crippen molar-refractivity contribution in [2.75, 3.05) is 10.8 Å². The lowest BCUT2D eigenvalue weighted by atomic mass is 10.2. The van der Waals surface area contributed by atoms with Crippen molar-refractivity contribution in [3.05, 3.63) is 110 Å². The molecule has 0 unspecified atom stereocenters. The summed E-state index contributed by atoms with van der Waals surface area (Å²) in [5.41, 5.74) is 7.58. The van der Waals surface area contributed by atoms with Crippen molar-refractivity contribution >= 4 is 62.6 Å². The number of hydrazone groups is 1. The van der Waals surface area contributed by atoms with Crippen LogP contribution >= 0.6 is 34.8 Å². The Labute approximate surface area is 249 Å². The van der Waals surface area contributed by atoms with Gasteiger partial charge in [0.05, 0.1) is 27.5 Å². The topological polar surface area (TPSA) is 83.8 Å². The molecule has 0 bridgehead atoms. The van der Waals surface area contributed by atoms with Crippen LogP contribution in [0.1, 0.15) is 28.1 Å². The molecule has 0 saturated heterocycles. The van der Waals surface area contributed by atoms with E-state index in [0.717, 1.165) is 38.1 Å². The summed E-state index contributed by atoms with van der Waals surface area (Å²) in [7, 11) is -4.08. The number of hydrogen-bond donors (Lipinski definition) is 1. The van der Waals surface area contributed by atoms with Crippen LogP contribution in [0.5, 0.6) is 0 Å². The second kappa shape index (κ2) is 12.1. The molecule has 0 spiro atoms. The highest BCUT2D eigenvalue weighted by atomic mass is 35.5. The molecule has 1 N–H and O–H groups in total. The van der Waals surface area contributed by atoms with Crippen molar-refractivity contribution in [2.24, 2.45) is 5.10 Å². The molecule has 0 radical (unpaired) electrons. The predicted octanol–water partition coefficient (Wildman–Crippen LogP) is 7.02. The second-order valence-electron chi connectivity index (χ2n) is 9.31. The maximum atomic E-state index is 13.6. The Kier molecular flexibility index (Phi) is 8.95. The Hall–Kier alpha value is -3.30. The average Bonchev–Trinajstić information content (AvgIpc) is 3.18. The first-order valence-corrected chi connectivity index (χ1v) is 14.8. The number of amides is 1. The quantitative estimate of drug-likeness (QED) is 0.170. The third-order valence-electron chi connectivity index (χ3n) is 6.35. The molecular formula is C29H27Cl3N4O3S. The minimum absolute atomic E-state index is 0.0539. The molecule has 40 heavy (non-hydrogen) atoms. The highest BCUT2D eigenvalue weighted by Gasteiger charge is 2.27. The van der Waals surface area contributed by atoms with Crippen LogP contribution in [0, 0.1) is 27.7 Å². The molecule has 0 aliphatic rings. The van der Waals surface area contributed by atoms with E-state index in [1.807, 2.05) is 38.3 Å². The van der Waals surface area contributed by atoms with Crippen molar-refractivity contribution in [1.82, 2.24) is 9.99 Å². The summed E-state index contributed by atoms with van der Waals surface area (Å²) in [6, 6.07) is 18.3. The lowest BCUT2D eigenvalue weighted by molar-refractivity contribution is -0.119. The van der Waals surface area contributed by atoms with Crippen LogP contribution in [-0.2, 0) is 14.8 Å². The van der Waals surface area contributed by atoms with E-state index in [-0.39, 0.29) is 10.6 Å². The lowest BCUT2D eigenvalue weighted by Gasteiger charge is -2.24. The number of rotatable bonds is 8. The summed E-state index contributed by atoms with van der Waals surface area (Å²) in [4.78, 5) is 13.0. The van der Waals surface area contributed by atoms with Crippen molar-refractivity contribution < 1.29 is 13.2 Å². The standard InChI is InChI=1S/C29H27Cl3N4O3S/c1-18-5-10-25(11-6-18)40(38,39)35(24-9-7-19(2)27(32)15-24)17-29(37)34-33-16-22-13-20(3)36(21(22)4)28-14-23(30)8-12-26(28)31/h5-16H,17H2,1-4H3,(H,34,37)/b33-16-. The number of carbonyl (C=O) groups excluding carboxylic acids is 1. The fourth-order valence-electron chi connectivity index (χ4n) is 4.18. The number of carbonyl (C=O) groups is 1.